The van der Waals surface area contributed by atoms with Gasteiger partial charge in [0.05, 0.1) is 17.0 Å². The molecule has 1 saturated heterocycles. The fourth-order valence-corrected chi connectivity index (χ4v) is 3.31. The molecule has 1 aliphatic rings. The summed E-state index contributed by atoms with van der Waals surface area (Å²) < 4.78 is 0. The molecule has 2 heterocycles. The van der Waals surface area contributed by atoms with Crippen LogP contribution in [0.1, 0.15) is 18.9 Å². The molecule has 0 spiro atoms. The van der Waals surface area contributed by atoms with Gasteiger partial charge in [-0.2, -0.15) is 0 Å². The Kier molecular flexibility index (Phi) is 4.16. The predicted molar refractivity (Wildman–Crippen MR) is 101 cm³/mol. The van der Waals surface area contributed by atoms with Crippen LogP contribution in [-0.4, -0.2) is 28.3 Å². The molecule has 1 atom stereocenters. The first-order valence-corrected chi connectivity index (χ1v) is 8.79. The number of nitrogens with one attached hydrogen (secondary N) is 2. The summed E-state index contributed by atoms with van der Waals surface area (Å²) in [5, 5.41) is 2.80. The number of para-hydroxylation sites is 2. The number of carbonyl (C=O) groups excluding carboxylic acids is 2. The predicted octanol–water partition coefficient (Wildman–Crippen LogP) is 3.12. The van der Waals surface area contributed by atoms with Crippen LogP contribution in [0.5, 0.6) is 0 Å². The largest absolute Gasteiger partial charge is 0.324 e. The lowest BCUT2D eigenvalue weighted by Crippen LogP contribution is -2.28. The van der Waals surface area contributed by atoms with Crippen molar-refractivity contribution in [3.8, 4) is 0 Å². The molecule has 2 aromatic carbocycles. The van der Waals surface area contributed by atoms with Gasteiger partial charge < -0.3 is 9.88 Å². The van der Waals surface area contributed by atoms with E-state index in [0.29, 0.717) is 12.5 Å². The fraction of sp³-hybridized carbons (Fsp3) is 0.250. The summed E-state index contributed by atoms with van der Waals surface area (Å²) in [6.45, 7) is 2.46. The van der Waals surface area contributed by atoms with Crippen molar-refractivity contribution in [3.63, 3.8) is 0 Å². The van der Waals surface area contributed by atoms with E-state index in [2.05, 4.69) is 22.2 Å². The Labute approximate surface area is 151 Å². The number of nitrogens with zero attached hydrogens (tertiary/aromatic N) is 2. The Morgan fingerprint density at radius 2 is 2.12 bits per heavy atom. The third-order valence-electron chi connectivity index (χ3n) is 4.76. The van der Waals surface area contributed by atoms with Crippen LogP contribution in [0.4, 0.5) is 11.6 Å². The maximum Gasteiger partial charge on any atom is 0.232 e. The zero-order valence-corrected chi connectivity index (χ0v) is 14.5. The summed E-state index contributed by atoms with van der Waals surface area (Å²) in [5.74, 6) is -0.189. The summed E-state index contributed by atoms with van der Waals surface area (Å²) in [6, 6.07) is 15.5. The van der Waals surface area contributed by atoms with Gasteiger partial charge in [-0.15, -0.1) is 0 Å². The Bertz CT molecular complexity index is 946. The monoisotopic (exact) mass is 348 g/mol. The molecule has 6 nitrogen and oxygen atoms in total. The van der Waals surface area contributed by atoms with Crippen molar-refractivity contribution >= 4 is 34.5 Å². The van der Waals surface area contributed by atoms with Crippen LogP contribution < -0.4 is 10.2 Å². The SMILES string of the molecule is CCc1cccc(N2C[C@@H](C(=O)Nc3nc4ccccc4[nH]3)CC2=O)c1. The average molecular weight is 348 g/mol. The number of carbonyl (C=O) groups is 2. The summed E-state index contributed by atoms with van der Waals surface area (Å²) in [5.41, 5.74) is 3.69. The molecule has 0 radical (unpaired) electrons. The molecule has 0 unspecified atom stereocenters. The molecule has 1 aromatic heterocycles. The van der Waals surface area contributed by atoms with Gasteiger partial charge in [0.25, 0.3) is 0 Å². The Balaban J connectivity index is 1.48. The van der Waals surface area contributed by atoms with Gasteiger partial charge >= 0.3 is 0 Å². The lowest BCUT2D eigenvalue weighted by Gasteiger charge is -2.17. The third-order valence-corrected chi connectivity index (χ3v) is 4.76. The number of aromatic amines is 1. The maximum atomic E-state index is 12.6. The van der Waals surface area contributed by atoms with Crippen LogP contribution >= 0.6 is 0 Å². The van der Waals surface area contributed by atoms with Crippen molar-refractivity contribution in [3.05, 3.63) is 54.1 Å². The number of anilines is 2. The number of hydrogen-bond acceptors (Lipinski definition) is 3. The summed E-state index contributed by atoms with van der Waals surface area (Å²) in [7, 11) is 0. The first-order chi connectivity index (χ1) is 12.6. The molecule has 0 bridgehead atoms. The van der Waals surface area contributed by atoms with Gasteiger partial charge in [-0.05, 0) is 36.2 Å². The van der Waals surface area contributed by atoms with Crippen molar-refractivity contribution in [1.82, 2.24) is 9.97 Å². The van der Waals surface area contributed by atoms with Crippen molar-refractivity contribution in [2.24, 2.45) is 5.92 Å². The van der Waals surface area contributed by atoms with Gasteiger partial charge in [-0.1, -0.05) is 31.2 Å². The number of amides is 2. The van der Waals surface area contributed by atoms with E-state index in [0.717, 1.165) is 23.1 Å². The van der Waals surface area contributed by atoms with Crippen LogP contribution in [0.3, 0.4) is 0 Å². The number of H-pyrrole nitrogens is 1. The molecule has 2 N–H and O–H groups in total. The average Bonchev–Trinajstić information content (AvgIpc) is 3.24. The summed E-state index contributed by atoms with van der Waals surface area (Å²) in [4.78, 5) is 34.1. The second-order valence-corrected chi connectivity index (χ2v) is 6.52. The van der Waals surface area contributed by atoms with Crippen LogP contribution in [0.2, 0.25) is 0 Å². The molecule has 2 amide bonds. The first-order valence-electron chi connectivity index (χ1n) is 8.79. The van der Waals surface area contributed by atoms with Gasteiger partial charge in [-0.3, -0.25) is 14.9 Å². The van der Waals surface area contributed by atoms with Crippen LogP contribution in [0.25, 0.3) is 11.0 Å². The number of imidazole rings is 1. The number of fused-ring (bicyclic) bond motifs is 1. The zero-order valence-electron chi connectivity index (χ0n) is 14.5. The van der Waals surface area contributed by atoms with E-state index in [9.17, 15) is 9.59 Å². The minimum absolute atomic E-state index is 0.0250. The minimum atomic E-state index is -0.388. The van der Waals surface area contributed by atoms with Gasteiger partial charge in [0.15, 0.2) is 0 Å². The molecular formula is C20H20N4O2. The molecule has 1 aliphatic heterocycles. The van der Waals surface area contributed by atoms with E-state index in [1.165, 1.54) is 5.56 Å². The number of aromatic nitrogens is 2. The van der Waals surface area contributed by atoms with E-state index in [-0.39, 0.29) is 24.2 Å². The highest BCUT2D eigenvalue weighted by Gasteiger charge is 2.35. The summed E-state index contributed by atoms with van der Waals surface area (Å²) in [6.07, 6.45) is 1.12. The molecule has 0 saturated carbocycles. The molecular weight excluding hydrogens is 328 g/mol. The minimum Gasteiger partial charge on any atom is -0.324 e. The normalized spacial score (nSPS) is 17.0. The Morgan fingerprint density at radius 3 is 2.92 bits per heavy atom. The standard InChI is InChI=1S/C20H20N4O2/c1-2-13-6-5-7-15(10-13)24-12-14(11-18(24)25)19(26)23-20-21-16-8-3-4-9-17(16)22-20/h3-10,14H,2,11-12H2,1H3,(H2,21,22,23,26)/t14-/m0/s1. The third kappa shape index (κ3) is 3.06. The number of aryl methyl sites for hydroxylation is 1. The van der Waals surface area contributed by atoms with Crippen molar-refractivity contribution in [1.29, 1.82) is 0 Å². The van der Waals surface area contributed by atoms with Crippen molar-refractivity contribution < 1.29 is 9.59 Å². The lowest BCUT2D eigenvalue weighted by atomic mass is 10.1. The van der Waals surface area contributed by atoms with Crippen LogP contribution in [-0.2, 0) is 16.0 Å². The molecule has 3 aromatic rings. The second-order valence-electron chi connectivity index (χ2n) is 6.52. The van der Waals surface area contributed by atoms with Gasteiger partial charge in [0.1, 0.15) is 0 Å². The topological polar surface area (TPSA) is 78.1 Å². The van der Waals surface area contributed by atoms with Crippen LogP contribution in [0.15, 0.2) is 48.5 Å². The second kappa shape index (κ2) is 6.63. The zero-order chi connectivity index (χ0) is 18.1. The van der Waals surface area contributed by atoms with E-state index in [4.69, 9.17) is 0 Å². The van der Waals surface area contributed by atoms with Gasteiger partial charge in [0, 0.05) is 18.7 Å². The number of rotatable bonds is 4. The maximum absolute atomic E-state index is 12.6. The molecule has 0 aliphatic carbocycles. The van der Waals surface area contributed by atoms with Gasteiger partial charge in [-0.25, -0.2) is 4.98 Å². The van der Waals surface area contributed by atoms with E-state index >= 15 is 0 Å². The first kappa shape index (κ1) is 16.3. The fourth-order valence-electron chi connectivity index (χ4n) is 3.31. The number of hydrogen-bond donors (Lipinski definition) is 2. The van der Waals surface area contributed by atoms with Crippen molar-refractivity contribution in [2.45, 2.75) is 19.8 Å². The van der Waals surface area contributed by atoms with Crippen molar-refractivity contribution in [2.75, 3.05) is 16.8 Å². The number of benzene rings is 2. The smallest absolute Gasteiger partial charge is 0.232 e. The molecule has 4 rings (SSSR count). The Hall–Kier alpha value is -3.15. The molecule has 1 fully saturated rings. The summed E-state index contributed by atoms with van der Waals surface area (Å²) >= 11 is 0. The highest BCUT2D eigenvalue weighted by Crippen LogP contribution is 2.27. The highest BCUT2D eigenvalue weighted by molar-refractivity contribution is 6.03. The van der Waals surface area contributed by atoms with E-state index in [1.807, 2.05) is 48.5 Å². The Morgan fingerprint density at radius 1 is 1.27 bits per heavy atom. The quantitative estimate of drug-likeness (QED) is 0.760. The van der Waals surface area contributed by atoms with E-state index in [1.54, 1.807) is 4.90 Å². The molecule has 132 valence electrons. The lowest BCUT2D eigenvalue weighted by molar-refractivity contribution is -0.122. The molecule has 26 heavy (non-hydrogen) atoms. The molecule has 6 heteroatoms. The van der Waals surface area contributed by atoms with E-state index < -0.39 is 0 Å². The van der Waals surface area contributed by atoms with Crippen LogP contribution in [0, 0.1) is 5.92 Å². The highest BCUT2D eigenvalue weighted by atomic mass is 16.2. The van der Waals surface area contributed by atoms with Gasteiger partial charge in [0.2, 0.25) is 17.8 Å².